The highest BCUT2D eigenvalue weighted by atomic mass is 16.6. The molecule has 128 valence electrons. The maximum Gasteiger partial charge on any atom is 0.407 e. The zero-order chi connectivity index (χ0) is 16.4. The van der Waals surface area contributed by atoms with Gasteiger partial charge in [-0.05, 0) is 33.6 Å². The van der Waals surface area contributed by atoms with Crippen molar-refractivity contribution in [2.24, 2.45) is 5.92 Å². The highest BCUT2D eigenvalue weighted by Crippen LogP contribution is 2.38. The molecule has 23 heavy (non-hydrogen) atoms. The maximum atomic E-state index is 12.1. The molecular weight excluding hydrogens is 298 g/mol. The van der Waals surface area contributed by atoms with Gasteiger partial charge in [0.1, 0.15) is 11.4 Å². The van der Waals surface area contributed by atoms with E-state index in [-0.39, 0.29) is 24.3 Å². The minimum Gasteiger partial charge on any atom is -0.447 e. The largest absolute Gasteiger partial charge is 0.447 e. The van der Waals surface area contributed by atoms with E-state index in [1.54, 1.807) is 6.20 Å². The van der Waals surface area contributed by atoms with Crippen molar-refractivity contribution >= 4 is 6.09 Å². The van der Waals surface area contributed by atoms with Crippen LogP contribution in [0, 0.1) is 5.92 Å². The predicted molar refractivity (Wildman–Crippen MR) is 82.8 cm³/mol. The lowest BCUT2D eigenvalue weighted by atomic mass is 9.68. The fraction of sp³-hybridized carbons (Fsp3) is 0.750. The van der Waals surface area contributed by atoms with Crippen molar-refractivity contribution in [3.05, 3.63) is 18.4 Å². The molecule has 3 rings (SSSR count). The normalized spacial score (nSPS) is 30.2. The van der Waals surface area contributed by atoms with E-state index in [1.807, 2.05) is 20.8 Å². The summed E-state index contributed by atoms with van der Waals surface area (Å²) in [5, 5.41) is 6.41. The number of hydrogen-bond acceptors (Lipinski definition) is 6. The molecule has 7 heteroatoms. The molecule has 1 amide bonds. The minimum absolute atomic E-state index is 0.0121. The van der Waals surface area contributed by atoms with Gasteiger partial charge in [-0.2, -0.15) is 0 Å². The second kappa shape index (κ2) is 6.49. The fourth-order valence-electron chi connectivity index (χ4n) is 3.34. The third-order valence-electron chi connectivity index (χ3n) is 4.30. The molecule has 1 aromatic rings. The Labute approximate surface area is 136 Å². The van der Waals surface area contributed by atoms with Crippen LogP contribution in [-0.4, -0.2) is 41.5 Å². The Kier molecular flexibility index (Phi) is 4.59. The number of alkyl carbamates (subject to hydrolysis) is 1. The van der Waals surface area contributed by atoms with E-state index < -0.39 is 5.60 Å². The molecule has 2 fully saturated rings. The average molecular weight is 323 g/mol. The van der Waals surface area contributed by atoms with Crippen LogP contribution >= 0.6 is 0 Å². The molecule has 7 nitrogen and oxygen atoms in total. The van der Waals surface area contributed by atoms with Crippen LogP contribution in [0.1, 0.15) is 39.4 Å². The summed E-state index contributed by atoms with van der Waals surface area (Å²) in [6.07, 6.45) is 4.94. The second-order valence-electron chi connectivity index (χ2n) is 7.19. The summed E-state index contributed by atoms with van der Waals surface area (Å²) < 4.78 is 16.5. The lowest BCUT2D eigenvalue weighted by Gasteiger charge is -2.54. The van der Waals surface area contributed by atoms with Gasteiger partial charge in [-0.3, -0.25) is 0 Å². The first-order valence-corrected chi connectivity index (χ1v) is 8.16. The van der Waals surface area contributed by atoms with E-state index in [4.69, 9.17) is 13.9 Å². The van der Waals surface area contributed by atoms with Gasteiger partial charge in [0.15, 0.2) is 6.39 Å². The van der Waals surface area contributed by atoms with Crippen LogP contribution in [0.4, 0.5) is 4.79 Å². The standard InChI is InChI=1S/C16H25N3O4/c1-16(2,3)23-15(20)19-12-11-5-4-6-21-14(11)13(12)18-8-10-7-17-9-22-10/h7,9,11-14,18H,4-6,8H2,1-3H3,(H,19,20). The van der Waals surface area contributed by atoms with Gasteiger partial charge in [-0.25, -0.2) is 9.78 Å². The Balaban J connectivity index is 1.59. The van der Waals surface area contributed by atoms with Crippen molar-refractivity contribution in [1.29, 1.82) is 0 Å². The molecule has 1 saturated carbocycles. The molecule has 0 aromatic carbocycles. The van der Waals surface area contributed by atoms with E-state index in [1.165, 1.54) is 6.39 Å². The minimum atomic E-state index is -0.501. The average Bonchev–Trinajstić information content (AvgIpc) is 2.97. The van der Waals surface area contributed by atoms with Crippen LogP contribution in [0.2, 0.25) is 0 Å². The summed E-state index contributed by atoms with van der Waals surface area (Å²) in [6.45, 7) is 6.92. The number of nitrogens with one attached hydrogen (secondary N) is 2. The van der Waals surface area contributed by atoms with Crippen molar-refractivity contribution in [3.8, 4) is 0 Å². The Morgan fingerprint density at radius 3 is 2.96 bits per heavy atom. The lowest BCUT2D eigenvalue weighted by Crippen LogP contribution is -2.73. The summed E-state index contributed by atoms with van der Waals surface area (Å²) in [5.74, 6) is 1.10. The molecule has 1 aromatic heterocycles. The Morgan fingerprint density at radius 2 is 2.26 bits per heavy atom. The third-order valence-corrected chi connectivity index (χ3v) is 4.30. The first-order valence-electron chi connectivity index (χ1n) is 8.16. The number of ether oxygens (including phenoxy) is 2. The number of carbonyl (C=O) groups excluding carboxylic acids is 1. The molecule has 2 aliphatic rings. The van der Waals surface area contributed by atoms with Gasteiger partial charge < -0.3 is 24.5 Å². The number of aromatic nitrogens is 1. The van der Waals surface area contributed by atoms with Crippen LogP contribution in [0.5, 0.6) is 0 Å². The predicted octanol–water partition coefficient (Wildman–Crippen LogP) is 1.83. The monoisotopic (exact) mass is 323 g/mol. The number of oxazole rings is 1. The molecule has 0 radical (unpaired) electrons. The fourth-order valence-corrected chi connectivity index (χ4v) is 3.34. The summed E-state index contributed by atoms with van der Waals surface area (Å²) in [5.41, 5.74) is -0.501. The highest BCUT2D eigenvalue weighted by molar-refractivity contribution is 5.68. The summed E-state index contributed by atoms with van der Waals surface area (Å²) >= 11 is 0. The van der Waals surface area contributed by atoms with Gasteiger partial charge in [-0.1, -0.05) is 0 Å². The van der Waals surface area contributed by atoms with Crippen molar-refractivity contribution in [2.45, 2.75) is 63.9 Å². The van der Waals surface area contributed by atoms with Gasteiger partial charge in [0.25, 0.3) is 0 Å². The second-order valence-corrected chi connectivity index (χ2v) is 7.19. The van der Waals surface area contributed by atoms with Crippen molar-refractivity contribution < 1.29 is 18.7 Å². The highest BCUT2D eigenvalue weighted by Gasteiger charge is 2.53. The first kappa shape index (κ1) is 16.3. The molecule has 0 bridgehead atoms. The number of fused-ring (bicyclic) bond motifs is 1. The number of rotatable bonds is 4. The molecule has 1 aliphatic heterocycles. The number of amides is 1. The van der Waals surface area contributed by atoms with Gasteiger partial charge in [0, 0.05) is 12.5 Å². The molecule has 2 N–H and O–H groups in total. The summed E-state index contributed by atoms with van der Waals surface area (Å²) in [6, 6.07) is 0.0657. The molecule has 4 atom stereocenters. The van der Waals surface area contributed by atoms with Gasteiger partial charge in [0.2, 0.25) is 0 Å². The van der Waals surface area contributed by atoms with E-state index in [2.05, 4.69) is 15.6 Å². The molecular formula is C16H25N3O4. The van der Waals surface area contributed by atoms with Gasteiger partial charge in [0.05, 0.1) is 30.9 Å². The van der Waals surface area contributed by atoms with Gasteiger partial charge in [-0.15, -0.1) is 0 Å². The Hall–Kier alpha value is -1.60. The zero-order valence-corrected chi connectivity index (χ0v) is 13.9. The van der Waals surface area contributed by atoms with Crippen molar-refractivity contribution in [2.75, 3.05) is 6.61 Å². The van der Waals surface area contributed by atoms with Crippen LogP contribution in [0.15, 0.2) is 17.0 Å². The molecule has 1 saturated heterocycles. The summed E-state index contributed by atoms with van der Waals surface area (Å²) in [7, 11) is 0. The Morgan fingerprint density at radius 1 is 1.43 bits per heavy atom. The van der Waals surface area contributed by atoms with Crippen LogP contribution in [-0.2, 0) is 16.0 Å². The number of carbonyl (C=O) groups is 1. The van der Waals surface area contributed by atoms with E-state index in [0.29, 0.717) is 12.5 Å². The zero-order valence-electron chi connectivity index (χ0n) is 13.9. The van der Waals surface area contributed by atoms with Gasteiger partial charge >= 0.3 is 6.09 Å². The van der Waals surface area contributed by atoms with E-state index in [0.717, 1.165) is 25.2 Å². The van der Waals surface area contributed by atoms with Crippen LogP contribution < -0.4 is 10.6 Å². The maximum absolute atomic E-state index is 12.1. The molecule has 4 unspecified atom stereocenters. The number of nitrogens with zero attached hydrogens (tertiary/aromatic N) is 1. The first-order chi connectivity index (χ1) is 10.9. The molecule has 1 aliphatic carbocycles. The summed E-state index contributed by atoms with van der Waals surface area (Å²) in [4.78, 5) is 16.0. The third kappa shape index (κ3) is 3.84. The van der Waals surface area contributed by atoms with Crippen LogP contribution in [0.3, 0.4) is 0 Å². The van der Waals surface area contributed by atoms with Crippen molar-refractivity contribution in [3.63, 3.8) is 0 Å². The number of hydrogen-bond donors (Lipinski definition) is 2. The van der Waals surface area contributed by atoms with E-state index >= 15 is 0 Å². The van der Waals surface area contributed by atoms with Crippen molar-refractivity contribution in [1.82, 2.24) is 15.6 Å². The lowest BCUT2D eigenvalue weighted by molar-refractivity contribution is -0.128. The topological polar surface area (TPSA) is 85.6 Å². The quantitative estimate of drug-likeness (QED) is 0.879. The SMILES string of the molecule is CC(C)(C)OC(=O)NC1C2CCCOC2C1NCc1cnco1. The van der Waals surface area contributed by atoms with E-state index in [9.17, 15) is 4.79 Å². The molecule has 2 heterocycles. The van der Waals surface area contributed by atoms with Crippen LogP contribution in [0.25, 0.3) is 0 Å². The smallest absolute Gasteiger partial charge is 0.407 e. The Bertz CT molecular complexity index is 526. The molecule has 0 spiro atoms.